The fraction of sp³-hybridized carbons (Fsp3) is 0.211. The number of carbonyl (C=O) groups is 1. The van der Waals surface area contributed by atoms with E-state index >= 15 is 0 Å². The van der Waals surface area contributed by atoms with Gasteiger partial charge in [0.15, 0.2) is 0 Å². The number of benzene rings is 2. The molecule has 3 aromatic rings. The highest BCUT2D eigenvalue weighted by molar-refractivity contribution is 9.10. The molecule has 0 saturated carbocycles. The number of aromatic nitrogens is 1. The molecule has 2 aromatic carbocycles. The van der Waals surface area contributed by atoms with E-state index < -0.39 is 0 Å². The summed E-state index contributed by atoms with van der Waals surface area (Å²) in [6, 6.07) is 11.4. The van der Waals surface area contributed by atoms with Gasteiger partial charge < -0.3 is 14.2 Å². The fourth-order valence-electron chi connectivity index (χ4n) is 2.62. The van der Waals surface area contributed by atoms with Gasteiger partial charge in [-0.2, -0.15) is 0 Å². The Morgan fingerprint density at radius 2 is 1.80 bits per heavy atom. The summed E-state index contributed by atoms with van der Waals surface area (Å²) in [7, 11) is 3.12. The van der Waals surface area contributed by atoms with Gasteiger partial charge >= 0.3 is 0 Å². The van der Waals surface area contributed by atoms with Crippen LogP contribution in [0.25, 0.3) is 10.8 Å². The zero-order valence-corrected chi connectivity index (χ0v) is 15.6. The number of hydrogen-bond acceptors (Lipinski definition) is 4. The van der Waals surface area contributed by atoms with E-state index in [0.717, 1.165) is 20.8 Å². The van der Waals surface area contributed by atoms with Crippen LogP contribution in [0.5, 0.6) is 5.75 Å². The minimum Gasteiger partial charge on any atom is -0.496 e. The third kappa shape index (κ3) is 3.76. The average Bonchev–Trinajstić information content (AvgIpc) is 3.06. The zero-order chi connectivity index (χ0) is 17.8. The molecule has 0 aliphatic rings. The van der Waals surface area contributed by atoms with Gasteiger partial charge in [0.05, 0.1) is 19.3 Å². The van der Waals surface area contributed by atoms with Crippen molar-refractivity contribution in [2.24, 2.45) is 0 Å². The zero-order valence-electron chi connectivity index (χ0n) is 14.0. The SMILES string of the molecule is COCOCc1cc(OC)c(C(=O)n2cc3ccccc3c2)cc1Br. The van der Waals surface area contributed by atoms with Crippen molar-refractivity contribution in [1.82, 2.24) is 4.57 Å². The predicted octanol–water partition coefficient (Wildman–Crippen LogP) is 4.22. The van der Waals surface area contributed by atoms with Crippen molar-refractivity contribution in [1.29, 1.82) is 0 Å². The monoisotopic (exact) mass is 403 g/mol. The normalized spacial score (nSPS) is 11.0. The lowest BCUT2D eigenvalue weighted by Crippen LogP contribution is -2.12. The first-order chi connectivity index (χ1) is 12.1. The molecule has 0 radical (unpaired) electrons. The van der Waals surface area contributed by atoms with Gasteiger partial charge in [0.1, 0.15) is 12.5 Å². The van der Waals surface area contributed by atoms with E-state index in [1.807, 2.05) is 36.7 Å². The van der Waals surface area contributed by atoms with Gasteiger partial charge in [0.2, 0.25) is 0 Å². The van der Waals surface area contributed by atoms with Gasteiger partial charge in [-0.15, -0.1) is 0 Å². The summed E-state index contributed by atoms with van der Waals surface area (Å²) in [5.74, 6) is 0.347. The second-order valence-electron chi connectivity index (χ2n) is 5.50. The van der Waals surface area contributed by atoms with E-state index in [1.54, 1.807) is 30.9 Å². The molecule has 1 heterocycles. The first-order valence-electron chi connectivity index (χ1n) is 7.68. The molecule has 0 saturated heterocycles. The number of halogens is 1. The molecule has 130 valence electrons. The van der Waals surface area contributed by atoms with E-state index in [-0.39, 0.29) is 12.7 Å². The largest absolute Gasteiger partial charge is 0.496 e. The molecule has 0 fully saturated rings. The second kappa shape index (κ2) is 7.82. The summed E-state index contributed by atoms with van der Waals surface area (Å²) in [5, 5.41) is 2.02. The topological polar surface area (TPSA) is 49.7 Å². The average molecular weight is 404 g/mol. The highest BCUT2D eigenvalue weighted by atomic mass is 79.9. The number of nitrogens with zero attached hydrogens (tertiary/aromatic N) is 1. The minimum atomic E-state index is -0.155. The number of methoxy groups -OCH3 is 2. The molecule has 0 unspecified atom stereocenters. The Balaban J connectivity index is 1.94. The molecule has 5 nitrogen and oxygen atoms in total. The molecule has 0 bridgehead atoms. The van der Waals surface area contributed by atoms with Gasteiger partial charge in [-0.25, -0.2) is 0 Å². The summed E-state index contributed by atoms with van der Waals surface area (Å²) in [6.45, 7) is 0.554. The van der Waals surface area contributed by atoms with Gasteiger partial charge in [-0.05, 0) is 28.5 Å². The summed E-state index contributed by atoms with van der Waals surface area (Å²) < 4.78 is 18.0. The smallest absolute Gasteiger partial charge is 0.265 e. The number of carbonyl (C=O) groups excluding carboxylic acids is 1. The van der Waals surface area contributed by atoms with Crippen LogP contribution in [0.3, 0.4) is 0 Å². The van der Waals surface area contributed by atoms with Crippen molar-refractivity contribution in [2.75, 3.05) is 21.0 Å². The van der Waals surface area contributed by atoms with Gasteiger partial charge in [0, 0.05) is 24.0 Å². The Morgan fingerprint density at radius 1 is 1.12 bits per heavy atom. The molecular formula is C19H18BrNO4. The Hall–Kier alpha value is -2.15. The molecule has 25 heavy (non-hydrogen) atoms. The van der Waals surface area contributed by atoms with Gasteiger partial charge in [-0.3, -0.25) is 9.36 Å². The van der Waals surface area contributed by atoms with E-state index in [0.29, 0.717) is 17.9 Å². The standard InChI is InChI=1S/C19H18BrNO4/c1-23-12-25-11-15-7-18(24-2)16(8-17(15)20)19(22)21-9-13-5-3-4-6-14(13)10-21/h3-10H,11-12H2,1-2H3. The second-order valence-corrected chi connectivity index (χ2v) is 6.35. The third-order valence-corrected chi connectivity index (χ3v) is 4.58. The van der Waals surface area contributed by atoms with Gasteiger partial charge in [-0.1, -0.05) is 40.2 Å². The molecule has 0 spiro atoms. The maximum absolute atomic E-state index is 12.9. The van der Waals surface area contributed by atoms with Crippen LogP contribution < -0.4 is 4.74 Å². The van der Waals surface area contributed by atoms with Crippen LogP contribution in [-0.4, -0.2) is 31.5 Å². The van der Waals surface area contributed by atoms with E-state index in [4.69, 9.17) is 14.2 Å². The van der Waals surface area contributed by atoms with Crippen LogP contribution in [0.1, 0.15) is 15.9 Å². The molecule has 0 aliphatic heterocycles. The van der Waals surface area contributed by atoms with Crippen LogP contribution >= 0.6 is 15.9 Å². The number of hydrogen-bond donors (Lipinski definition) is 0. The summed E-state index contributed by atoms with van der Waals surface area (Å²) in [6.07, 6.45) is 3.64. The summed E-state index contributed by atoms with van der Waals surface area (Å²) >= 11 is 3.50. The maximum atomic E-state index is 12.9. The van der Waals surface area contributed by atoms with Crippen molar-refractivity contribution in [2.45, 2.75) is 6.61 Å². The summed E-state index contributed by atoms with van der Waals surface area (Å²) in [4.78, 5) is 12.9. The maximum Gasteiger partial charge on any atom is 0.265 e. The molecule has 0 N–H and O–H groups in total. The van der Waals surface area contributed by atoms with Crippen LogP contribution in [0.15, 0.2) is 53.3 Å². The first kappa shape index (κ1) is 17.7. The Kier molecular flexibility index (Phi) is 5.53. The van der Waals surface area contributed by atoms with Crippen molar-refractivity contribution in [3.63, 3.8) is 0 Å². The van der Waals surface area contributed by atoms with Crippen molar-refractivity contribution >= 4 is 32.6 Å². The predicted molar refractivity (Wildman–Crippen MR) is 99.0 cm³/mol. The molecule has 6 heteroatoms. The van der Waals surface area contributed by atoms with Crippen LogP contribution in [0, 0.1) is 0 Å². The Labute approximate surface area is 154 Å². The molecule has 0 amide bonds. The number of ether oxygens (including phenoxy) is 3. The van der Waals surface area contributed by atoms with Gasteiger partial charge in [0.25, 0.3) is 5.91 Å². The van der Waals surface area contributed by atoms with Crippen LogP contribution in [0.2, 0.25) is 0 Å². The highest BCUT2D eigenvalue weighted by Gasteiger charge is 2.18. The lowest BCUT2D eigenvalue weighted by Gasteiger charge is -2.13. The van der Waals surface area contributed by atoms with Crippen molar-refractivity contribution < 1.29 is 19.0 Å². The van der Waals surface area contributed by atoms with Crippen molar-refractivity contribution in [3.8, 4) is 5.75 Å². The third-order valence-electron chi connectivity index (χ3n) is 3.84. The Morgan fingerprint density at radius 3 is 2.40 bits per heavy atom. The van der Waals surface area contributed by atoms with Crippen LogP contribution in [0.4, 0.5) is 0 Å². The highest BCUT2D eigenvalue weighted by Crippen LogP contribution is 2.29. The number of rotatable bonds is 6. The molecule has 0 atom stereocenters. The first-order valence-corrected chi connectivity index (χ1v) is 8.48. The quantitative estimate of drug-likeness (QED) is 0.456. The van der Waals surface area contributed by atoms with E-state index in [9.17, 15) is 4.79 Å². The van der Waals surface area contributed by atoms with E-state index in [2.05, 4.69) is 15.9 Å². The number of fused-ring (bicyclic) bond motifs is 1. The Bertz CT molecular complexity index is 871. The van der Waals surface area contributed by atoms with Crippen molar-refractivity contribution in [3.05, 3.63) is 64.4 Å². The fourth-order valence-corrected chi connectivity index (χ4v) is 3.07. The molecule has 1 aromatic heterocycles. The minimum absolute atomic E-state index is 0.155. The molecular weight excluding hydrogens is 386 g/mol. The van der Waals surface area contributed by atoms with E-state index in [1.165, 1.54) is 0 Å². The summed E-state index contributed by atoms with van der Waals surface area (Å²) in [5.41, 5.74) is 1.35. The molecule has 3 rings (SSSR count). The van der Waals surface area contributed by atoms with Crippen LogP contribution in [-0.2, 0) is 16.1 Å². The lowest BCUT2D eigenvalue weighted by molar-refractivity contribution is -0.0392. The molecule has 0 aliphatic carbocycles. The lowest BCUT2D eigenvalue weighted by atomic mass is 10.1.